The van der Waals surface area contributed by atoms with Crippen molar-refractivity contribution in [3.8, 4) is 5.75 Å². The topological polar surface area (TPSA) is 29.5 Å². The first-order valence-corrected chi connectivity index (χ1v) is 7.36. The zero-order chi connectivity index (χ0) is 14.2. The molecular formula is C16H20FNO2. The van der Waals surface area contributed by atoms with Gasteiger partial charge in [-0.25, -0.2) is 4.39 Å². The normalized spacial score (nSPS) is 21.6. The lowest BCUT2D eigenvalue weighted by atomic mass is 9.82. The lowest BCUT2D eigenvalue weighted by molar-refractivity contribution is -0.00896. The molecule has 1 spiro atoms. The highest BCUT2D eigenvalue weighted by Crippen LogP contribution is 2.39. The Bertz CT molecular complexity index is 521. The Labute approximate surface area is 118 Å². The second kappa shape index (κ2) is 5.17. The zero-order valence-corrected chi connectivity index (χ0v) is 11.8. The van der Waals surface area contributed by atoms with Crippen molar-refractivity contribution in [3.63, 3.8) is 0 Å². The molecule has 0 unspecified atom stereocenters. The number of halogens is 1. The first-order valence-electron chi connectivity index (χ1n) is 7.36. The molecule has 108 valence electrons. The van der Waals surface area contributed by atoms with Crippen molar-refractivity contribution in [2.45, 2.75) is 38.2 Å². The van der Waals surface area contributed by atoms with Crippen molar-refractivity contribution in [2.75, 3.05) is 19.6 Å². The van der Waals surface area contributed by atoms with E-state index >= 15 is 0 Å². The Morgan fingerprint density at radius 2 is 2.10 bits per heavy atom. The average Bonchev–Trinajstić information content (AvgIpc) is 2.43. The molecule has 0 saturated carbocycles. The van der Waals surface area contributed by atoms with Crippen molar-refractivity contribution >= 4 is 5.78 Å². The van der Waals surface area contributed by atoms with Gasteiger partial charge >= 0.3 is 0 Å². The smallest absolute Gasteiger partial charge is 0.170 e. The van der Waals surface area contributed by atoms with Gasteiger partial charge in [-0.05, 0) is 31.2 Å². The molecule has 0 aliphatic carbocycles. The molecule has 0 atom stereocenters. The van der Waals surface area contributed by atoms with Gasteiger partial charge in [0, 0.05) is 25.9 Å². The summed E-state index contributed by atoms with van der Waals surface area (Å²) < 4.78 is 19.3. The Morgan fingerprint density at radius 3 is 2.80 bits per heavy atom. The lowest BCUT2D eigenvalue weighted by Gasteiger charge is -2.44. The van der Waals surface area contributed by atoms with E-state index in [9.17, 15) is 9.18 Å². The molecule has 2 aliphatic heterocycles. The van der Waals surface area contributed by atoms with Gasteiger partial charge in [0.15, 0.2) is 5.78 Å². The summed E-state index contributed by atoms with van der Waals surface area (Å²) in [4.78, 5) is 14.7. The molecule has 0 bridgehead atoms. The number of likely N-dealkylation sites (tertiary alicyclic amines) is 1. The van der Waals surface area contributed by atoms with E-state index in [0.717, 1.165) is 38.9 Å². The number of ether oxygens (including phenoxy) is 1. The predicted octanol–water partition coefficient (Wildman–Crippen LogP) is 3.04. The van der Waals surface area contributed by atoms with Gasteiger partial charge in [0.1, 0.15) is 17.2 Å². The van der Waals surface area contributed by atoms with Crippen LogP contribution in [0.1, 0.15) is 43.0 Å². The molecule has 3 rings (SSSR count). The third-order valence-corrected chi connectivity index (χ3v) is 4.36. The maximum Gasteiger partial charge on any atom is 0.170 e. The molecule has 0 N–H and O–H groups in total. The van der Waals surface area contributed by atoms with Crippen LogP contribution in [-0.4, -0.2) is 35.9 Å². The van der Waals surface area contributed by atoms with Crippen molar-refractivity contribution in [1.29, 1.82) is 0 Å². The summed E-state index contributed by atoms with van der Waals surface area (Å²) in [5.41, 5.74) is 0.0261. The minimum absolute atomic E-state index is 0.00897. The van der Waals surface area contributed by atoms with Crippen molar-refractivity contribution in [2.24, 2.45) is 0 Å². The summed E-state index contributed by atoms with van der Waals surface area (Å²) in [6.45, 7) is 5.22. The average molecular weight is 277 g/mol. The van der Waals surface area contributed by atoms with Gasteiger partial charge in [-0.15, -0.1) is 0 Å². The summed E-state index contributed by atoms with van der Waals surface area (Å²) in [6.07, 6.45) is 3.27. The summed E-state index contributed by atoms with van der Waals surface area (Å²) in [5, 5.41) is 0. The fourth-order valence-electron chi connectivity index (χ4n) is 3.25. The highest BCUT2D eigenvalue weighted by molar-refractivity contribution is 6.00. The Kier molecular flexibility index (Phi) is 3.50. The molecule has 20 heavy (non-hydrogen) atoms. The second-order valence-electron chi connectivity index (χ2n) is 5.87. The molecular weight excluding hydrogens is 257 g/mol. The Hall–Kier alpha value is -1.42. The standard InChI is InChI=1S/C16H20FNO2/c1-2-7-18-8-5-16(6-9-18)11-14(19)13-10-12(17)3-4-15(13)20-16/h3-4,10H,2,5-9,11H2,1H3. The maximum absolute atomic E-state index is 13.2. The van der Waals surface area contributed by atoms with Crippen molar-refractivity contribution in [3.05, 3.63) is 29.6 Å². The quantitative estimate of drug-likeness (QED) is 0.832. The van der Waals surface area contributed by atoms with Crippen LogP contribution in [0.4, 0.5) is 4.39 Å². The largest absolute Gasteiger partial charge is 0.486 e. The second-order valence-corrected chi connectivity index (χ2v) is 5.87. The molecule has 4 heteroatoms. The molecule has 3 nitrogen and oxygen atoms in total. The number of benzene rings is 1. The van der Waals surface area contributed by atoms with Crippen LogP contribution >= 0.6 is 0 Å². The summed E-state index contributed by atoms with van der Waals surface area (Å²) >= 11 is 0. The lowest BCUT2D eigenvalue weighted by Crippen LogP contribution is -2.51. The molecule has 0 aromatic heterocycles. The number of piperidine rings is 1. The van der Waals surface area contributed by atoms with E-state index in [-0.39, 0.29) is 17.2 Å². The van der Waals surface area contributed by atoms with Gasteiger partial charge in [0.2, 0.25) is 0 Å². The minimum Gasteiger partial charge on any atom is -0.486 e. The SMILES string of the molecule is CCCN1CCC2(CC1)CC(=O)c1cc(F)ccc1O2. The zero-order valence-electron chi connectivity index (χ0n) is 11.8. The molecule has 0 radical (unpaired) electrons. The molecule has 2 heterocycles. The minimum atomic E-state index is -0.380. The van der Waals surface area contributed by atoms with E-state index in [1.807, 2.05) is 0 Å². The number of carbonyl (C=O) groups is 1. The fourth-order valence-corrected chi connectivity index (χ4v) is 3.25. The van der Waals surface area contributed by atoms with Gasteiger partial charge in [-0.2, -0.15) is 0 Å². The van der Waals surface area contributed by atoms with Gasteiger partial charge < -0.3 is 9.64 Å². The fraction of sp³-hybridized carbons (Fsp3) is 0.562. The number of nitrogens with zero attached hydrogens (tertiary/aromatic N) is 1. The summed E-state index contributed by atoms with van der Waals surface area (Å²) in [5.74, 6) is 0.177. The number of rotatable bonds is 2. The summed E-state index contributed by atoms with van der Waals surface area (Å²) in [6, 6.07) is 4.23. The van der Waals surface area contributed by atoms with Gasteiger partial charge in [-0.1, -0.05) is 6.92 Å². The van der Waals surface area contributed by atoms with Crippen molar-refractivity contribution < 1.29 is 13.9 Å². The third-order valence-electron chi connectivity index (χ3n) is 4.36. The molecule has 1 fully saturated rings. The molecule has 0 amide bonds. The van der Waals surface area contributed by atoms with E-state index in [0.29, 0.717) is 17.7 Å². The van der Waals surface area contributed by atoms with Crippen LogP contribution in [0.15, 0.2) is 18.2 Å². The molecule has 1 saturated heterocycles. The Balaban J connectivity index is 1.78. The van der Waals surface area contributed by atoms with Gasteiger partial charge in [-0.3, -0.25) is 4.79 Å². The van der Waals surface area contributed by atoms with E-state index in [1.165, 1.54) is 12.1 Å². The van der Waals surface area contributed by atoms with Crippen LogP contribution in [0.2, 0.25) is 0 Å². The van der Waals surface area contributed by atoms with Crippen LogP contribution in [0.25, 0.3) is 0 Å². The number of hydrogen-bond acceptors (Lipinski definition) is 3. The Morgan fingerprint density at radius 1 is 1.35 bits per heavy atom. The highest BCUT2D eigenvalue weighted by Gasteiger charge is 2.42. The number of hydrogen-bond donors (Lipinski definition) is 0. The van der Waals surface area contributed by atoms with Gasteiger partial charge in [0.25, 0.3) is 0 Å². The van der Waals surface area contributed by atoms with E-state index in [1.54, 1.807) is 6.07 Å². The summed E-state index contributed by atoms with van der Waals surface area (Å²) in [7, 11) is 0. The predicted molar refractivity (Wildman–Crippen MR) is 74.7 cm³/mol. The number of ketones is 1. The molecule has 1 aromatic carbocycles. The van der Waals surface area contributed by atoms with Gasteiger partial charge in [0.05, 0.1) is 12.0 Å². The maximum atomic E-state index is 13.2. The molecule has 2 aliphatic rings. The van der Waals surface area contributed by atoms with E-state index in [2.05, 4.69) is 11.8 Å². The van der Waals surface area contributed by atoms with Crippen LogP contribution in [-0.2, 0) is 0 Å². The molecule has 1 aromatic rings. The van der Waals surface area contributed by atoms with E-state index in [4.69, 9.17) is 4.74 Å². The van der Waals surface area contributed by atoms with Crippen LogP contribution in [0.5, 0.6) is 5.75 Å². The number of Topliss-reactive ketones (excluding diaryl/α,β-unsaturated/α-hetero) is 1. The van der Waals surface area contributed by atoms with Crippen molar-refractivity contribution in [1.82, 2.24) is 4.90 Å². The van der Waals surface area contributed by atoms with E-state index < -0.39 is 0 Å². The third kappa shape index (κ3) is 2.44. The highest BCUT2D eigenvalue weighted by atomic mass is 19.1. The number of fused-ring (bicyclic) bond motifs is 1. The first kappa shape index (κ1) is 13.6. The van der Waals surface area contributed by atoms with Crippen LogP contribution in [0, 0.1) is 5.82 Å². The first-order chi connectivity index (χ1) is 9.62. The van der Waals surface area contributed by atoms with Crippen LogP contribution < -0.4 is 4.74 Å². The van der Waals surface area contributed by atoms with Crippen LogP contribution in [0.3, 0.4) is 0 Å². The monoisotopic (exact) mass is 277 g/mol. The number of carbonyl (C=O) groups excluding carboxylic acids is 1.